The molecule has 1 heterocycles. The van der Waals surface area contributed by atoms with Gasteiger partial charge in [0.1, 0.15) is 0 Å². The van der Waals surface area contributed by atoms with Crippen LogP contribution in [0.1, 0.15) is 52.4 Å². The number of methoxy groups -OCH3 is 1. The van der Waals surface area contributed by atoms with Gasteiger partial charge in [-0.3, -0.25) is 0 Å². The van der Waals surface area contributed by atoms with Gasteiger partial charge in [-0.25, -0.2) is 0 Å². The van der Waals surface area contributed by atoms with Crippen LogP contribution in [0.3, 0.4) is 0 Å². The maximum absolute atomic E-state index is 10.6. The Morgan fingerprint density at radius 3 is 2.17 bits per heavy atom. The van der Waals surface area contributed by atoms with Gasteiger partial charge in [-0.15, -0.1) is 0 Å². The highest BCUT2D eigenvalue weighted by Gasteiger charge is 2.45. The van der Waals surface area contributed by atoms with Crippen LogP contribution in [0, 0.1) is 0 Å². The second-order valence-electron chi connectivity index (χ2n) is 6.30. The minimum absolute atomic E-state index is 0.161. The fourth-order valence-electron chi connectivity index (χ4n) is 2.77. The van der Waals surface area contributed by atoms with Crippen molar-refractivity contribution in [2.75, 3.05) is 20.3 Å². The molecule has 18 heavy (non-hydrogen) atoms. The van der Waals surface area contributed by atoms with Crippen LogP contribution in [0.15, 0.2) is 0 Å². The minimum Gasteiger partial charge on any atom is -0.390 e. The van der Waals surface area contributed by atoms with Crippen molar-refractivity contribution in [2.24, 2.45) is 0 Å². The highest BCUT2D eigenvalue weighted by Crippen LogP contribution is 2.42. The fraction of sp³-hybridized carbons (Fsp3) is 1.00. The Morgan fingerprint density at radius 1 is 1.11 bits per heavy atom. The van der Waals surface area contributed by atoms with Crippen LogP contribution < -0.4 is 0 Å². The molecule has 1 saturated carbocycles. The Morgan fingerprint density at radius 2 is 1.67 bits per heavy atom. The predicted molar refractivity (Wildman–Crippen MR) is 68.4 cm³/mol. The summed E-state index contributed by atoms with van der Waals surface area (Å²) < 4.78 is 16.8. The fourth-order valence-corrected chi connectivity index (χ4v) is 2.77. The van der Waals surface area contributed by atoms with Gasteiger partial charge >= 0.3 is 0 Å². The average Bonchev–Trinajstić information content (AvgIpc) is 2.81. The van der Waals surface area contributed by atoms with E-state index in [1.165, 1.54) is 0 Å². The van der Waals surface area contributed by atoms with Crippen molar-refractivity contribution in [2.45, 2.75) is 69.4 Å². The van der Waals surface area contributed by atoms with Gasteiger partial charge in [-0.05, 0) is 39.5 Å². The van der Waals surface area contributed by atoms with Crippen molar-refractivity contribution in [1.29, 1.82) is 0 Å². The summed E-state index contributed by atoms with van der Waals surface area (Å²) in [5, 5.41) is 10.6. The number of hydrogen-bond donors (Lipinski definition) is 1. The van der Waals surface area contributed by atoms with Crippen molar-refractivity contribution in [3.05, 3.63) is 0 Å². The second-order valence-corrected chi connectivity index (χ2v) is 6.30. The lowest BCUT2D eigenvalue weighted by Gasteiger charge is -2.41. The quantitative estimate of drug-likeness (QED) is 0.840. The molecule has 0 bridgehead atoms. The average molecular weight is 258 g/mol. The lowest BCUT2D eigenvalue weighted by atomic mass is 9.77. The number of aliphatic hydroxyl groups is 1. The van der Waals surface area contributed by atoms with Crippen LogP contribution >= 0.6 is 0 Å². The summed E-state index contributed by atoms with van der Waals surface area (Å²) in [4.78, 5) is 0. The molecular formula is C14H26O4. The van der Waals surface area contributed by atoms with Crippen LogP contribution in [-0.2, 0) is 14.2 Å². The molecule has 0 aromatic carbocycles. The molecule has 1 spiro atoms. The number of ether oxygens (including phenoxy) is 3. The zero-order valence-corrected chi connectivity index (χ0v) is 11.8. The van der Waals surface area contributed by atoms with E-state index in [9.17, 15) is 5.11 Å². The molecular weight excluding hydrogens is 232 g/mol. The molecule has 1 aliphatic heterocycles. The van der Waals surface area contributed by atoms with Crippen molar-refractivity contribution < 1.29 is 19.3 Å². The molecule has 106 valence electrons. The van der Waals surface area contributed by atoms with Gasteiger partial charge < -0.3 is 19.3 Å². The Balaban J connectivity index is 1.83. The Kier molecular flexibility index (Phi) is 4.02. The molecule has 0 atom stereocenters. The van der Waals surface area contributed by atoms with Crippen LogP contribution in [0.4, 0.5) is 0 Å². The zero-order valence-electron chi connectivity index (χ0n) is 11.8. The molecule has 0 amide bonds. The molecule has 1 aliphatic carbocycles. The first kappa shape index (κ1) is 14.3. The topological polar surface area (TPSA) is 47.9 Å². The molecule has 4 nitrogen and oxygen atoms in total. The van der Waals surface area contributed by atoms with Crippen LogP contribution in [0.25, 0.3) is 0 Å². The molecule has 0 radical (unpaired) electrons. The van der Waals surface area contributed by atoms with E-state index in [1.54, 1.807) is 7.11 Å². The summed E-state index contributed by atoms with van der Waals surface area (Å²) in [5.74, 6) is -0.386. The number of rotatable bonds is 4. The van der Waals surface area contributed by atoms with Gasteiger partial charge in [0.2, 0.25) is 0 Å². The van der Waals surface area contributed by atoms with Crippen molar-refractivity contribution in [3.8, 4) is 0 Å². The monoisotopic (exact) mass is 258 g/mol. The predicted octanol–water partition coefficient (Wildman–Crippen LogP) is 2.24. The zero-order chi connectivity index (χ0) is 13.3. The summed E-state index contributed by atoms with van der Waals surface area (Å²) >= 11 is 0. The van der Waals surface area contributed by atoms with Gasteiger partial charge in [-0.2, -0.15) is 0 Å². The Bertz CT molecular complexity index is 272. The van der Waals surface area contributed by atoms with Crippen molar-refractivity contribution in [1.82, 2.24) is 0 Å². The van der Waals surface area contributed by atoms with Crippen LogP contribution in [0.5, 0.6) is 0 Å². The molecule has 0 aromatic heterocycles. The van der Waals surface area contributed by atoms with Crippen LogP contribution in [0.2, 0.25) is 0 Å². The summed E-state index contributed by atoms with van der Waals surface area (Å²) in [6.07, 6.45) is 4.77. The van der Waals surface area contributed by atoms with Gasteiger partial charge in [0.05, 0.1) is 24.4 Å². The molecule has 0 unspecified atom stereocenters. The lowest BCUT2D eigenvalue weighted by Crippen LogP contribution is -2.44. The second kappa shape index (κ2) is 5.08. The molecule has 1 saturated heterocycles. The third-order valence-electron chi connectivity index (χ3n) is 4.50. The largest absolute Gasteiger partial charge is 0.390 e. The third-order valence-corrected chi connectivity index (χ3v) is 4.50. The highest BCUT2D eigenvalue weighted by molar-refractivity contribution is 4.92. The Hall–Kier alpha value is -0.160. The molecule has 2 rings (SSSR count). The van der Waals surface area contributed by atoms with E-state index in [0.29, 0.717) is 13.2 Å². The SMILES string of the molecule is COC(C)(C)CCC1(O)CCC2(CC1)OCCO2. The summed E-state index contributed by atoms with van der Waals surface area (Å²) in [6.45, 7) is 5.50. The Labute approximate surface area is 110 Å². The van der Waals surface area contributed by atoms with Crippen molar-refractivity contribution >= 4 is 0 Å². The molecule has 1 N–H and O–H groups in total. The van der Waals surface area contributed by atoms with E-state index in [0.717, 1.165) is 38.5 Å². The highest BCUT2D eigenvalue weighted by atomic mass is 16.7. The van der Waals surface area contributed by atoms with Gasteiger partial charge in [-0.1, -0.05) is 0 Å². The summed E-state index contributed by atoms with van der Waals surface area (Å²) in [6, 6.07) is 0. The first-order valence-corrected chi connectivity index (χ1v) is 6.94. The molecule has 4 heteroatoms. The first-order chi connectivity index (χ1) is 8.39. The summed E-state index contributed by atoms with van der Waals surface area (Å²) in [7, 11) is 1.72. The minimum atomic E-state index is -0.573. The van der Waals surface area contributed by atoms with Gasteiger partial charge in [0, 0.05) is 20.0 Å². The molecule has 0 aromatic rings. The van der Waals surface area contributed by atoms with E-state index in [-0.39, 0.29) is 11.4 Å². The third kappa shape index (κ3) is 3.23. The maximum Gasteiger partial charge on any atom is 0.168 e. The molecule has 2 aliphatic rings. The standard InChI is InChI=1S/C14H26O4/c1-12(2,16-3)4-5-13(15)6-8-14(9-7-13)17-10-11-18-14/h15H,4-11H2,1-3H3. The van der Waals surface area contributed by atoms with E-state index in [1.807, 2.05) is 0 Å². The van der Waals surface area contributed by atoms with E-state index >= 15 is 0 Å². The van der Waals surface area contributed by atoms with E-state index in [4.69, 9.17) is 14.2 Å². The van der Waals surface area contributed by atoms with E-state index < -0.39 is 5.60 Å². The van der Waals surface area contributed by atoms with Crippen LogP contribution in [-0.4, -0.2) is 42.4 Å². The van der Waals surface area contributed by atoms with Crippen molar-refractivity contribution in [3.63, 3.8) is 0 Å². The van der Waals surface area contributed by atoms with Gasteiger partial charge in [0.25, 0.3) is 0 Å². The number of hydrogen-bond acceptors (Lipinski definition) is 4. The van der Waals surface area contributed by atoms with E-state index in [2.05, 4.69) is 13.8 Å². The smallest absolute Gasteiger partial charge is 0.168 e. The maximum atomic E-state index is 10.6. The van der Waals surface area contributed by atoms with Gasteiger partial charge in [0.15, 0.2) is 5.79 Å². The lowest BCUT2D eigenvalue weighted by molar-refractivity contribution is -0.204. The normalized spacial score (nSPS) is 26.7. The molecule has 2 fully saturated rings. The first-order valence-electron chi connectivity index (χ1n) is 6.94. The summed E-state index contributed by atoms with van der Waals surface area (Å²) in [5.41, 5.74) is -0.735.